The number of morpholine rings is 1. The van der Waals surface area contributed by atoms with Crippen LogP contribution in [-0.2, 0) is 14.3 Å². The minimum absolute atomic E-state index is 0.165. The largest absolute Gasteiger partial charge is 0.379 e. The van der Waals surface area contributed by atoms with E-state index in [2.05, 4.69) is 11.8 Å². The molecule has 0 bridgehead atoms. The summed E-state index contributed by atoms with van der Waals surface area (Å²) in [5, 5.41) is 0. The lowest BCUT2D eigenvalue weighted by atomic mass is 10.0. The lowest BCUT2D eigenvalue weighted by Crippen LogP contribution is -2.47. The van der Waals surface area contributed by atoms with E-state index < -0.39 is 0 Å². The molecule has 3 fully saturated rings. The van der Waals surface area contributed by atoms with Crippen LogP contribution in [-0.4, -0.2) is 73.9 Å². The zero-order chi connectivity index (χ0) is 14.8. The molecule has 2 heterocycles. The summed E-state index contributed by atoms with van der Waals surface area (Å²) in [5.74, 6) is 1.40. The van der Waals surface area contributed by atoms with Gasteiger partial charge >= 0.3 is 0 Å². The van der Waals surface area contributed by atoms with Gasteiger partial charge in [-0.2, -0.15) is 0 Å². The van der Waals surface area contributed by atoms with Gasteiger partial charge in [0.1, 0.15) is 6.10 Å². The summed E-state index contributed by atoms with van der Waals surface area (Å²) < 4.78 is 11.2. The molecular weight excluding hydrogens is 268 g/mol. The lowest BCUT2D eigenvalue weighted by molar-refractivity contribution is -0.142. The Morgan fingerprint density at radius 2 is 2.00 bits per heavy atom. The highest BCUT2D eigenvalue weighted by Crippen LogP contribution is 2.29. The van der Waals surface area contributed by atoms with E-state index in [0.29, 0.717) is 17.9 Å². The van der Waals surface area contributed by atoms with Crippen molar-refractivity contribution in [1.29, 1.82) is 0 Å². The third-order valence-electron chi connectivity index (χ3n) is 5.03. The SMILES string of the molecule is CC(OCC1CC1)C(=O)N1CC(C)C(N2CCOCC2)C1. The van der Waals surface area contributed by atoms with Crippen LogP contribution in [0.25, 0.3) is 0 Å². The van der Waals surface area contributed by atoms with Crippen LogP contribution in [0.1, 0.15) is 26.7 Å². The first-order chi connectivity index (χ1) is 10.1. The van der Waals surface area contributed by atoms with Crippen LogP contribution in [0.15, 0.2) is 0 Å². The molecule has 3 unspecified atom stereocenters. The summed E-state index contributed by atoms with van der Waals surface area (Å²) in [5.41, 5.74) is 0. The van der Waals surface area contributed by atoms with Gasteiger partial charge in [0.05, 0.1) is 19.8 Å². The van der Waals surface area contributed by atoms with Crippen molar-refractivity contribution >= 4 is 5.91 Å². The zero-order valence-corrected chi connectivity index (χ0v) is 13.3. The van der Waals surface area contributed by atoms with Crippen LogP contribution < -0.4 is 0 Å². The van der Waals surface area contributed by atoms with Gasteiger partial charge in [0.25, 0.3) is 5.91 Å². The van der Waals surface area contributed by atoms with E-state index in [9.17, 15) is 4.79 Å². The van der Waals surface area contributed by atoms with Gasteiger partial charge in [-0.05, 0) is 31.6 Å². The third-order valence-corrected chi connectivity index (χ3v) is 5.03. The number of likely N-dealkylation sites (tertiary alicyclic amines) is 1. The Bertz CT molecular complexity index is 367. The Hall–Kier alpha value is -0.650. The Kier molecular flexibility index (Phi) is 4.82. The number of nitrogens with zero attached hydrogens (tertiary/aromatic N) is 2. The molecule has 1 aliphatic carbocycles. The van der Waals surface area contributed by atoms with Gasteiger partial charge in [-0.1, -0.05) is 6.92 Å². The van der Waals surface area contributed by atoms with Crippen molar-refractivity contribution in [2.75, 3.05) is 46.0 Å². The minimum atomic E-state index is -0.291. The normalized spacial score (nSPS) is 32.4. The molecule has 1 amide bonds. The number of carbonyl (C=O) groups is 1. The van der Waals surface area contributed by atoms with E-state index in [4.69, 9.17) is 9.47 Å². The summed E-state index contributed by atoms with van der Waals surface area (Å²) in [6, 6.07) is 0.480. The Labute approximate surface area is 127 Å². The molecule has 2 aliphatic heterocycles. The number of carbonyl (C=O) groups excluding carboxylic acids is 1. The molecule has 0 aromatic heterocycles. The van der Waals surface area contributed by atoms with Gasteiger partial charge in [-0.3, -0.25) is 9.69 Å². The molecule has 0 aromatic rings. The smallest absolute Gasteiger partial charge is 0.251 e. The summed E-state index contributed by atoms with van der Waals surface area (Å²) in [6.45, 7) is 10.2. The first-order valence-electron chi connectivity index (χ1n) is 8.37. The third kappa shape index (κ3) is 3.76. The van der Waals surface area contributed by atoms with Crippen molar-refractivity contribution in [2.24, 2.45) is 11.8 Å². The Morgan fingerprint density at radius 1 is 1.29 bits per heavy atom. The van der Waals surface area contributed by atoms with E-state index in [-0.39, 0.29) is 12.0 Å². The summed E-state index contributed by atoms with van der Waals surface area (Å²) >= 11 is 0. The Balaban J connectivity index is 1.50. The molecule has 3 aliphatic rings. The van der Waals surface area contributed by atoms with Gasteiger partial charge < -0.3 is 14.4 Å². The number of ether oxygens (including phenoxy) is 2. The number of hydrogen-bond donors (Lipinski definition) is 0. The van der Waals surface area contributed by atoms with Crippen molar-refractivity contribution in [3.63, 3.8) is 0 Å². The summed E-state index contributed by atoms with van der Waals surface area (Å²) in [7, 11) is 0. The monoisotopic (exact) mass is 296 g/mol. The maximum atomic E-state index is 12.5. The van der Waals surface area contributed by atoms with E-state index in [1.807, 2.05) is 11.8 Å². The van der Waals surface area contributed by atoms with Crippen LogP contribution >= 0.6 is 0 Å². The number of rotatable bonds is 5. The second kappa shape index (κ2) is 6.63. The van der Waals surface area contributed by atoms with Gasteiger partial charge in [-0.25, -0.2) is 0 Å². The molecule has 120 valence electrons. The molecule has 0 N–H and O–H groups in total. The maximum absolute atomic E-state index is 12.5. The quantitative estimate of drug-likeness (QED) is 0.758. The van der Waals surface area contributed by atoms with E-state index in [1.54, 1.807) is 0 Å². The highest BCUT2D eigenvalue weighted by atomic mass is 16.5. The standard InChI is InChI=1S/C16H28N2O3/c1-12-9-18(10-15(12)17-5-7-20-8-6-17)16(19)13(2)21-11-14-3-4-14/h12-15H,3-11H2,1-2H3. The molecule has 0 spiro atoms. The first kappa shape index (κ1) is 15.3. The van der Waals surface area contributed by atoms with Crippen LogP contribution in [0.4, 0.5) is 0 Å². The van der Waals surface area contributed by atoms with Gasteiger partial charge in [0.15, 0.2) is 0 Å². The van der Waals surface area contributed by atoms with Crippen molar-refractivity contribution in [2.45, 2.75) is 38.8 Å². The van der Waals surface area contributed by atoms with Crippen molar-refractivity contribution in [3.8, 4) is 0 Å². The second-order valence-corrected chi connectivity index (χ2v) is 6.86. The lowest BCUT2D eigenvalue weighted by Gasteiger charge is -2.34. The van der Waals surface area contributed by atoms with Gasteiger partial charge in [0.2, 0.25) is 0 Å². The van der Waals surface area contributed by atoms with Crippen LogP contribution in [0, 0.1) is 11.8 Å². The average Bonchev–Trinajstić information content (AvgIpc) is 3.26. The number of amides is 1. The van der Waals surface area contributed by atoms with Crippen LogP contribution in [0.2, 0.25) is 0 Å². The molecular formula is C16H28N2O3. The fourth-order valence-corrected chi connectivity index (χ4v) is 3.41. The average molecular weight is 296 g/mol. The van der Waals surface area contributed by atoms with Crippen molar-refractivity contribution < 1.29 is 14.3 Å². The molecule has 2 saturated heterocycles. The molecule has 3 atom stereocenters. The van der Waals surface area contributed by atoms with Crippen LogP contribution in [0.3, 0.4) is 0 Å². The van der Waals surface area contributed by atoms with Crippen LogP contribution in [0.5, 0.6) is 0 Å². The minimum Gasteiger partial charge on any atom is -0.379 e. The predicted molar refractivity (Wildman–Crippen MR) is 80.1 cm³/mol. The molecule has 0 radical (unpaired) electrons. The van der Waals surface area contributed by atoms with Gasteiger partial charge in [0, 0.05) is 32.2 Å². The maximum Gasteiger partial charge on any atom is 0.251 e. The molecule has 1 saturated carbocycles. The van der Waals surface area contributed by atoms with E-state index in [1.165, 1.54) is 12.8 Å². The van der Waals surface area contributed by atoms with Crippen molar-refractivity contribution in [3.05, 3.63) is 0 Å². The molecule has 0 aromatic carbocycles. The highest BCUT2D eigenvalue weighted by molar-refractivity contribution is 5.80. The fraction of sp³-hybridized carbons (Fsp3) is 0.938. The highest BCUT2D eigenvalue weighted by Gasteiger charge is 2.38. The molecule has 5 heteroatoms. The molecule has 21 heavy (non-hydrogen) atoms. The van der Waals surface area contributed by atoms with E-state index in [0.717, 1.165) is 46.0 Å². The Morgan fingerprint density at radius 3 is 2.67 bits per heavy atom. The topological polar surface area (TPSA) is 42.0 Å². The predicted octanol–water partition coefficient (Wildman–Crippen LogP) is 0.981. The zero-order valence-electron chi connectivity index (χ0n) is 13.3. The van der Waals surface area contributed by atoms with E-state index >= 15 is 0 Å². The van der Waals surface area contributed by atoms with Crippen molar-refractivity contribution in [1.82, 2.24) is 9.80 Å². The summed E-state index contributed by atoms with van der Waals surface area (Å²) in [6.07, 6.45) is 2.24. The fourth-order valence-electron chi connectivity index (χ4n) is 3.41. The second-order valence-electron chi connectivity index (χ2n) is 6.86. The van der Waals surface area contributed by atoms with Gasteiger partial charge in [-0.15, -0.1) is 0 Å². The summed E-state index contributed by atoms with van der Waals surface area (Å²) in [4.78, 5) is 17.0. The molecule has 5 nitrogen and oxygen atoms in total. The molecule has 3 rings (SSSR count). The number of hydrogen-bond acceptors (Lipinski definition) is 4. The first-order valence-corrected chi connectivity index (χ1v) is 8.37.